The summed E-state index contributed by atoms with van der Waals surface area (Å²) in [5, 5.41) is 0. The van der Waals surface area contributed by atoms with Gasteiger partial charge in [-0.1, -0.05) is 108 Å². The maximum absolute atomic E-state index is 2.64. The van der Waals surface area contributed by atoms with E-state index in [1.807, 2.05) is 0 Å². The van der Waals surface area contributed by atoms with Crippen molar-refractivity contribution in [3.05, 3.63) is 47.0 Å². The van der Waals surface area contributed by atoms with Gasteiger partial charge in [-0.25, -0.2) is 0 Å². The van der Waals surface area contributed by atoms with Crippen molar-refractivity contribution in [2.75, 3.05) is 0 Å². The third-order valence-corrected chi connectivity index (χ3v) is 8.40. The van der Waals surface area contributed by atoms with E-state index in [-0.39, 0.29) is 0 Å². The van der Waals surface area contributed by atoms with Crippen LogP contribution in [0.1, 0.15) is 128 Å². The molecule has 1 unspecified atom stereocenters. The Balaban J connectivity index is 1.32. The highest BCUT2D eigenvalue weighted by Crippen LogP contribution is 2.41. The number of allylic oxidation sites excluding steroid dienone is 2. The predicted octanol–water partition coefficient (Wildman–Crippen LogP) is 9.86. The lowest BCUT2D eigenvalue weighted by Crippen LogP contribution is -2.23. The van der Waals surface area contributed by atoms with E-state index in [2.05, 4.69) is 44.2 Å². The Morgan fingerprint density at radius 2 is 1.32 bits per heavy atom. The third kappa shape index (κ3) is 8.78. The zero-order valence-electron chi connectivity index (χ0n) is 20.8. The van der Waals surface area contributed by atoms with Crippen LogP contribution in [-0.4, -0.2) is 0 Å². The molecule has 2 aliphatic carbocycles. The van der Waals surface area contributed by atoms with Gasteiger partial charge >= 0.3 is 0 Å². The summed E-state index contributed by atoms with van der Waals surface area (Å²) in [6.07, 6.45) is 28.0. The molecule has 1 aromatic rings. The maximum atomic E-state index is 2.64. The molecule has 0 saturated heterocycles. The molecule has 0 nitrogen and oxygen atoms in total. The Morgan fingerprint density at radius 3 is 1.97 bits per heavy atom. The second-order valence-corrected chi connectivity index (χ2v) is 10.8. The van der Waals surface area contributed by atoms with Crippen LogP contribution in [0.5, 0.6) is 0 Å². The highest BCUT2D eigenvalue weighted by Gasteiger charge is 2.28. The van der Waals surface area contributed by atoms with Crippen LogP contribution in [0.15, 0.2) is 35.9 Å². The summed E-state index contributed by atoms with van der Waals surface area (Å²) >= 11 is 0. The minimum Gasteiger partial charge on any atom is -0.0850 e. The SMILES string of the molecule is CCCCCC[C@H]1CC[C@H](C2CC=C(CCc3ccc(CCCCC)cc3)CC2)CC1. The summed E-state index contributed by atoms with van der Waals surface area (Å²) in [6.45, 7) is 4.61. The van der Waals surface area contributed by atoms with Crippen LogP contribution in [0, 0.1) is 17.8 Å². The zero-order valence-corrected chi connectivity index (χ0v) is 20.8. The van der Waals surface area contributed by atoms with Crippen molar-refractivity contribution in [3.63, 3.8) is 0 Å². The summed E-state index contributed by atoms with van der Waals surface area (Å²) in [4.78, 5) is 0. The molecule has 1 atom stereocenters. The molecule has 0 heteroatoms. The van der Waals surface area contributed by atoms with Gasteiger partial charge in [-0.05, 0) is 86.7 Å². The number of benzene rings is 1. The number of aryl methyl sites for hydroxylation is 2. The lowest BCUT2D eigenvalue weighted by Gasteiger charge is -2.35. The van der Waals surface area contributed by atoms with Gasteiger partial charge in [0.15, 0.2) is 0 Å². The van der Waals surface area contributed by atoms with E-state index in [0.717, 1.165) is 17.8 Å². The monoisotopic (exact) mass is 422 g/mol. The molecular formula is C31H50. The van der Waals surface area contributed by atoms with Crippen LogP contribution in [0.4, 0.5) is 0 Å². The summed E-state index contributed by atoms with van der Waals surface area (Å²) in [7, 11) is 0. The van der Waals surface area contributed by atoms with Gasteiger partial charge in [-0.15, -0.1) is 0 Å². The van der Waals surface area contributed by atoms with Gasteiger partial charge in [-0.2, -0.15) is 0 Å². The summed E-state index contributed by atoms with van der Waals surface area (Å²) in [5.41, 5.74) is 4.79. The van der Waals surface area contributed by atoms with E-state index in [9.17, 15) is 0 Å². The lowest BCUT2D eigenvalue weighted by molar-refractivity contribution is 0.185. The molecule has 0 spiro atoms. The van der Waals surface area contributed by atoms with Gasteiger partial charge in [-0.3, -0.25) is 0 Å². The first-order chi connectivity index (χ1) is 15.3. The quantitative estimate of drug-likeness (QED) is 0.219. The van der Waals surface area contributed by atoms with E-state index in [1.165, 1.54) is 127 Å². The number of unbranched alkanes of at least 4 members (excludes halogenated alkanes) is 5. The second-order valence-electron chi connectivity index (χ2n) is 10.8. The van der Waals surface area contributed by atoms with Crippen LogP contribution in [0.2, 0.25) is 0 Å². The molecule has 3 rings (SSSR count). The molecule has 2 aliphatic rings. The molecule has 174 valence electrons. The number of hydrogen-bond acceptors (Lipinski definition) is 0. The smallest absolute Gasteiger partial charge is 0.0241 e. The molecule has 0 amide bonds. The Hall–Kier alpha value is -1.04. The first kappa shape index (κ1) is 24.6. The van der Waals surface area contributed by atoms with Crippen LogP contribution in [-0.2, 0) is 12.8 Å². The van der Waals surface area contributed by atoms with E-state index < -0.39 is 0 Å². The van der Waals surface area contributed by atoms with E-state index in [1.54, 1.807) is 5.57 Å². The molecule has 0 heterocycles. The average molecular weight is 423 g/mol. The van der Waals surface area contributed by atoms with Crippen LogP contribution in [0.25, 0.3) is 0 Å². The Bertz CT molecular complexity index is 614. The van der Waals surface area contributed by atoms with E-state index in [4.69, 9.17) is 0 Å². The minimum absolute atomic E-state index is 0.993. The molecule has 1 aromatic carbocycles. The van der Waals surface area contributed by atoms with Gasteiger partial charge in [0.25, 0.3) is 0 Å². The number of hydrogen-bond donors (Lipinski definition) is 0. The maximum Gasteiger partial charge on any atom is -0.0241 e. The molecular weight excluding hydrogens is 372 g/mol. The first-order valence-electron chi connectivity index (χ1n) is 14.0. The zero-order chi connectivity index (χ0) is 21.7. The molecule has 31 heavy (non-hydrogen) atoms. The standard InChI is InChI=1S/C31H50/c1-3-5-7-9-11-27-18-22-30(23-19-27)31-24-20-29(21-25-31)17-16-28-14-12-26(13-15-28)10-8-6-4-2/h12-15,20,27,30-31H,3-11,16-19,21-25H2,1-2H3/t27-,30-,31?. The van der Waals surface area contributed by atoms with Gasteiger partial charge in [0.05, 0.1) is 0 Å². The fourth-order valence-corrected chi connectivity index (χ4v) is 6.13. The fraction of sp³-hybridized carbons (Fsp3) is 0.742. The summed E-state index contributed by atoms with van der Waals surface area (Å²) in [5.74, 6) is 3.08. The third-order valence-electron chi connectivity index (χ3n) is 8.40. The molecule has 1 saturated carbocycles. The van der Waals surface area contributed by atoms with E-state index >= 15 is 0 Å². The van der Waals surface area contributed by atoms with Crippen LogP contribution in [0.3, 0.4) is 0 Å². The summed E-state index contributed by atoms with van der Waals surface area (Å²) < 4.78 is 0. The average Bonchev–Trinajstić information content (AvgIpc) is 2.82. The Morgan fingerprint density at radius 1 is 0.645 bits per heavy atom. The van der Waals surface area contributed by atoms with Gasteiger partial charge in [0.1, 0.15) is 0 Å². The highest BCUT2D eigenvalue weighted by atomic mass is 14.3. The van der Waals surface area contributed by atoms with Gasteiger partial charge in [0.2, 0.25) is 0 Å². The van der Waals surface area contributed by atoms with Crippen molar-refractivity contribution in [1.29, 1.82) is 0 Å². The van der Waals surface area contributed by atoms with Gasteiger partial charge < -0.3 is 0 Å². The normalized spacial score (nSPS) is 24.2. The van der Waals surface area contributed by atoms with Crippen molar-refractivity contribution in [3.8, 4) is 0 Å². The highest BCUT2D eigenvalue weighted by molar-refractivity contribution is 5.24. The summed E-state index contributed by atoms with van der Waals surface area (Å²) in [6, 6.07) is 9.51. The van der Waals surface area contributed by atoms with Crippen molar-refractivity contribution in [2.24, 2.45) is 17.8 Å². The second kappa shape index (κ2) is 14.2. The van der Waals surface area contributed by atoms with Crippen LogP contribution >= 0.6 is 0 Å². The van der Waals surface area contributed by atoms with Crippen molar-refractivity contribution in [1.82, 2.24) is 0 Å². The van der Waals surface area contributed by atoms with Crippen molar-refractivity contribution in [2.45, 2.75) is 129 Å². The molecule has 1 fully saturated rings. The predicted molar refractivity (Wildman–Crippen MR) is 138 cm³/mol. The fourth-order valence-electron chi connectivity index (χ4n) is 6.13. The first-order valence-corrected chi connectivity index (χ1v) is 14.0. The minimum atomic E-state index is 0.993. The van der Waals surface area contributed by atoms with Gasteiger partial charge in [0, 0.05) is 0 Å². The van der Waals surface area contributed by atoms with Crippen molar-refractivity contribution < 1.29 is 0 Å². The number of rotatable bonds is 13. The lowest BCUT2D eigenvalue weighted by atomic mass is 9.70. The molecule has 0 aliphatic heterocycles. The molecule has 0 radical (unpaired) electrons. The van der Waals surface area contributed by atoms with E-state index in [0.29, 0.717) is 0 Å². The van der Waals surface area contributed by atoms with Crippen LogP contribution < -0.4 is 0 Å². The topological polar surface area (TPSA) is 0 Å². The molecule has 0 aromatic heterocycles. The molecule has 0 bridgehead atoms. The van der Waals surface area contributed by atoms with Crippen molar-refractivity contribution >= 4 is 0 Å². The largest absolute Gasteiger partial charge is 0.0850 e. The molecule has 0 N–H and O–H groups in total. The Kier molecular flexibility index (Phi) is 11.3. The Labute approximate surface area is 194 Å².